The number of rotatable bonds is 5. The van der Waals surface area contributed by atoms with Crippen LogP contribution in [0.2, 0.25) is 0 Å². The zero-order chi connectivity index (χ0) is 12.7. The van der Waals surface area contributed by atoms with Crippen molar-refractivity contribution in [3.05, 3.63) is 35.4 Å². The van der Waals surface area contributed by atoms with Crippen LogP contribution in [-0.2, 0) is 11.2 Å². The maximum Gasteiger partial charge on any atom is 0.224 e. The van der Waals surface area contributed by atoms with Gasteiger partial charge in [0.1, 0.15) is 0 Å². The summed E-state index contributed by atoms with van der Waals surface area (Å²) in [7, 11) is 0. The average molecular weight is 230 g/mol. The largest absolute Gasteiger partial charge is 0.353 e. The highest BCUT2D eigenvalue weighted by Crippen LogP contribution is 2.05. The second-order valence-corrected chi connectivity index (χ2v) is 4.07. The maximum atomic E-state index is 11.7. The molecule has 0 saturated heterocycles. The van der Waals surface area contributed by atoms with Crippen molar-refractivity contribution in [2.75, 3.05) is 0 Å². The molecule has 0 spiro atoms. The molecule has 1 aromatic rings. The Kier molecular flexibility index (Phi) is 5.22. The van der Waals surface area contributed by atoms with Crippen molar-refractivity contribution in [1.82, 2.24) is 5.32 Å². The molecule has 17 heavy (non-hydrogen) atoms. The molecule has 1 amide bonds. The number of carbonyl (C=O) groups is 1. The standard InChI is InChI=1S/C14H18N2O/c1-3-13(4-2)16-14(17)9-11-5-7-12(10-15)8-6-11/h5-8,13H,3-4,9H2,1-2H3,(H,16,17). The summed E-state index contributed by atoms with van der Waals surface area (Å²) in [5.74, 6) is 0.0448. The minimum absolute atomic E-state index is 0.0448. The van der Waals surface area contributed by atoms with Gasteiger partial charge in [-0.1, -0.05) is 26.0 Å². The SMILES string of the molecule is CCC(CC)NC(=O)Cc1ccc(C#N)cc1. The number of nitrogens with zero attached hydrogens (tertiary/aromatic N) is 1. The van der Waals surface area contributed by atoms with Gasteiger partial charge in [0.2, 0.25) is 5.91 Å². The molecular weight excluding hydrogens is 212 g/mol. The maximum absolute atomic E-state index is 11.7. The predicted octanol–water partition coefficient (Wildman–Crippen LogP) is 2.41. The molecule has 0 aromatic heterocycles. The molecule has 0 heterocycles. The van der Waals surface area contributed by atoms with Gasteiger partial charge in [-0.25, -0.2) is 0 Å². The fraction of sp³-hybridized carbons (Fsp3) is 0.429. The summed E-state index contributed by atoms with van der Waals surface area (Å²) in [5, 5.41) is 11.7. The molecule has 0 bridgehead atoms. The summed E-state index contributed by atoms with van der Waals surface area (Å²) < 4.78 is 0. The molecule has 3 nitrogen and oxygen atoms in total. The summed E-state index contributed by atoms with van der Waals surface area (Å²) in [4.78, 5) is 11.7. The lowest BCUT2D eigenvalue weighted by atomic mass is 10.1. The second kappa shape index (κ2) is 6.70. The molecule has 0 aliphatic heterocycles. The second-order valence-electron chi connectivity index (χ2n) is 4.07. The molecule has 0 saturated carbocycles. The lowest BCUT2D eigenvalue weighted by Gasteiger charge is -2.14. The Hall–Kier alpha value is -1.82. The zero-order valence-electron chi connectivity index (χ0n) is 10.4. The van der Waals surface area contributed by atoms with Gasteiger partial charge in [0.05, 0.1) is 18.1 Å². The number of amides is 1. The van der Waals surface area contributed by atoms with Gasteiger partial charge in [-0.2, -0.15) is 5.26 Å². The van der Waals surface area contributed by atoms with Gasteiger partial charge in [-0.15, -0.1) is 0 Å². The van der Waals surface area contributed by atoms with Crippen molar-refractivity contribution in [2.45, 2.75) is 39.2 Å². The van der Waals surface area contributed by atoms with Crippen molar-refractivity contribution in [3.63, 3.8) is 0 Å². The van der Waals surface area contributed by atoms with E-state index in [0.29, 0.717) is 12.0 Å². The van der Waals surface area contributed by atoms with Crippen LogP contribution in [0.1, 0.15) is 37.8 Å². The molecule has 90 valence electrons. The number of nitriles is 1. The van der Waals surface area contributed by atoms with E-state index in [9.17, 15) is 4.79 Å². The van der Waals surface area contributed by atoms with Crippen molar-refractivity contribution < 1.29 is 4.79 Å². The normalized spacial score (nSPS) is 10.0. The first-order valence-corrected chi connectivity index (χ1v) is 5.98. The number of nitrogens with one attached hydrogen (secondary N) is 1. The van der Waals surface area contributed by atoms with E-state index in [0.717, 1.165) is 18.4 Å². The van der Waals surface area contributed by atoms with Gasteiger partial charge >= 0.3 is 0 Å². The Labute approximate surface area is 102 Å². The molecule has 3 heteroatoms. The molecule has 0 aliphatic carbocycles. The Bertz CT molecular complexity index is 399. The zero-order valence-corrected chi connectivity index (χ0v) is 10.4. The lowest BCUT2D eigenvalue weighted by Crippen LogP contribution is -2.34. The van der Waals surface area contributed by atoms with Crippen molar-refractivity contribution >= 4 is 5.91 Å². The molecule has 1 rings (SSSR count). The minimum atomic E-state index is 0.0448. The molecule has 0 fully saturated rings. The number of carbonyl (C=O) groups excluding carboxylic acids is 1. The Balaban J connectivity index is 2.53. The van der Waals surface area contributed by atoms with E-state index in [-0.39, 0.29) is 11.9 Å². The summed E-state index contributed by atoms with van der Waals surface area (Å²) in [6.07, 6.45) is 2.29. The summed E-state index contributed by atoms with van der Waals surface area (Å²) in [6.45, 7) is 4.13. The van der Waals surface area contributed by atoms with E-state index >= 15 is 0 Å². The van der Waals surface area contributed by atoms with Crippen LogP contribution < -0.4 is 5.32 Å². The van der Waals surface area contributed by atoms with E-state index in [1.807, 2.05) is 12.1 Å². The van der Waals surface area contributed by atoms with Crippen molar-refractivity contribution in [1.29, 1.82) is 5.26 Å². The van der Waals surface area contributed by atoms with Crippen LogP contribution in [0.4, 0.5) is 0 Å². The summed E-state index contributed by atoms with van der Waals surface area (Å²) in [5.41, 5.74) is 1.56. The molecular formula is C14H18N2O. The fourth-order valence-corrected chi connectivity index (χ4v) is 1.65. The minimum Gasteiger partial charge on any atom is -0.353 e. The molecule has 0 atom stereocenters. The van der Waals surface area contributed by atoms with Crippen LogP contribution in [-0.4, -0.2) is 11.9 Å². The fourth-order valence-electron chi connectivity index (χ4n) is 1.65. The monoisotopic (exact) mass is 230 g/mol. The van der Waals surface area contributed by atoms with E-state index in [4.69, 9.17) is 5.26 Å². The van der Waals surface area contributed by atoms with Crippen LogP contribution >= 0.6 is 0 Å². The lowest BCUT2D eigenvalue weighted by molar-refractivity contribution is -0.121. The van der Waals surface area contributed by atoms with Crippen LogP contribution in [0.15, 0.2) is 24.3 Å². The third kappa shape index (κ3) is 4.28. The first kappa shape index (κ1) is 13.2. The molecule has 1 N–H and O–H groups in total. The van der Waals surface area contributed by atoms with E-state index in [2.05, 4.69) is 25.2 Å². The number of hydrogen-bond donors (Lipinski definition) is 1. The van der Waals surface area contributed by atoms with Gasteiger partial charge in [0.15, 0.2) is 0 Å². The number of benzene rings is 1. The van der Waals surface area contributed by atoms with Gasteiger partial charge in [-0.3, -0.25) is 4.79 Å². The highest BCUT2D eigenvalue weighted by atomic mass is 16.1. The Morgan fingerprint density at radius 3 is 2.35 bits per heavy atom. The first-order valence-electron chi connectivity index (χ1n) is 5.98. The predicted molar refractivity (Wildman–Crippen MR) is 67.4 cm³/mol. The average Bonchev–Trinajstić information content (AvgIpc) is 2.37. The van der Waals surface area contributed by atoms with Gasteiger partial charge in [-0.05, 0) is 30.5 Å². The van der Waals surface area contributed by atoms with E-state index < -0.39 is 0 Å². The van der Waals surface area contributed by atoms with E-state index in [1.165, 1.54) is 0 Å². The summed E-state index contributed by atoms with van der Waals surface area (Å²) >= 11 is 0. The van der Waals surface area contributed by atoms with Crippen molar-refractivity contribution in [2.24, 2.45) is 0 Å². The van der Waals surface area contributed by atoms with Crippen molar-refractivity contribution in [3.8, 4) is 6.07 Å². The molecule has 1 aromatic carbocycles. The quantitative estimate of drug-likeness (QED) is 0.844. The third-order valence-corrected chi connectivity index (χ3v) is 2.80. The Morgan fingerprint density at radius 1 is 1.29 bits per heavy atom. The first-order chi connectivity index (χ1) is 8.19. The molecule has 0 unspecified atom stereocenters. The molecule has 0 radical (unpaired) electrons. The van der Waals surface area contributed by atoms with Gasteiger partial charge in [0.25, 0.3) is 0 Å². The van der Waals surface area contributed by atoms with E-state index in [1.54, 1.807) is 12.1 Å². The van der Waals surface area contributed by atoms with Gasteiger partial charge < -0.3 is 5.32 Å². The van der Waals surface area contributed by atoms with Crippen LogP contribution in [0.3, 0.4) is 0 Å². The highest BCUT2D eigenvalue weighted by Gasteiger charge is 2.08. The highest BCUT2D eigenvalue weighted by molar-refractivity contribution is 5.78. The summed E-state index contributed by atoms with van der Waals surface area (Å²) in [6, 6.07) is 9.44. The smallest absolute Gasteiger partial charge is 0.224 e. The van der Waals surface area contributed by atoms with Gasteiger partial charge in [0, 0.05) is 6.04 Å². The Morgan fingerprint density at radius 2 is 1.88 bits per heavy atom. The third-order valence-electron chi connectivity index (χ3n) is 2.80. The molecule has 0 aliphatic rings. The van der Waals surface area contributed by atoms with Crippen LogP contribution in [0.25, 0.3) is 0 Å². The van der Waals surface area contributed by atoms with Crippen LogP contribution in [0.5, 0.6) is 0 Å². The topological polar surface area (TPSA) is 52.9 Å². The van der Waals surface area contributed by atoms with Crippen LogP contribution in [0, 0.1) is 11.3 Å². The number of hydrogen-bond acceptors (Lipinski definition) is 2.